The SMILES string of the molecule is O=[N+]([O-])c1ccc(NNc2ncnc(NN(c3ccccc3)c3ccccc3)c2[N+](=O)[O-])cc1. The minimum Gasteiger partial charge on any atom is -0.299 e. The molecule has 0 bridgehead atoms. The van der Waals surface area contributed by atoms with Crippen molar-refractivity contribution in [1.82, 2.24) is 9.97 Å². The second-order valence-electron chi connectivity index (χ2n) is 6.85. The van der Waals surface area contributed by atoms with E-state index >= 15 is 0 Å². The molecule has 34 heavy (non-hydrogen) atoms. The van der Waals surface area contributed by atoms with E-state index in [1.54, 1.807) is 5.01 Å². The quantitative estimate of drug-likeness (QED) is 0.233. The molecule has 12 nitrogen and oxygen atoms in total. The van der Waals surface area contributed by atoms with Crippen LogP contribution in [0.1, 0.15) is 0 Å². The Morgan fingerprint density at radius 1 is 0.676 bits per heavy atom. The van der Waals surface area contributed by atoms with Crippen molar-refractivity contribution < 1.29 is 9.85 Å². The van der Waals surface area contributed by atoms with Crippen molar-refractivity contribution in [1.29, 1.82) is 0 Å². The lowest BCUT2D eigenvalue weighted by atomic mass is 10.2. The van der Waals surface area contributed by atoms with E-state index in [-0.39, 0.29) is 17.3 Å². The van der Waals surface area contributed by atoms with Gasteiger partial charge in [-0.25, -0.2) is 9.97 Å². The van der Waals surface area contributed by atoms with Crippen LogP contribution in [0.4, 0.5) is 40.1 Å². The van der Waals surface area contributed by atoms with E-state index in [0.717, 1.165) is 11.4 Å². The Labute approximate surface area is 193 Å². The highest BCUT2D eigenvalue weighted by Crippen LogP contribution is 2.32. The van der Waals surface area contributed by atoms with Crippen molar-refractivity contribution in [2.75, 3.05) is 21.3 Å². The van der Waals surface area contributed by atoms with Gasteiger partial charge in [-0.3, -0.25) is 41.5 Å². The van der Waals surface area contributed by atoms with Gasteiger partial charge in [0.1, 0.15) is 6.33 Å². The summed E-state index contributed by atoms with van der Waals surface area (Å²) in [6, 6.07) is 24.1. The first kappa shape index (κ1) is 22.0. The average Bonchev–Trinajstić information content (AvgIpc) is 2.87. The number of nitrogens with one attached hydrogen (secondary N) is 3. The van der Waals surface area contributed by atoms with Gasteiger partial charge in [-0.2, -0.15) is 0 Å². The van der Waals surface area contributed by atoms with E-state index in [0.29, 0.717) is 5.69 Å². The Kier molecular flexibility index (Phi) is 6.40. The zero-order valence-corrected chi connectivity index (χ0v) is 17.5. The summed E-state index contributed by atoms with van der Waals surface area (Å²) in [4.78, 5) is 29.7. The number of benzene rings is 3. The highest BCUT2D eigenvalue weighted by Gasteiger charge is 2.25. The molecule has 4 aromatic rings. The van der Waals surface area contributed by atoms with Crippen LogP contribution in [0.3, 0.4) is 0 Å². The van der Waals surface area contributed by atoms with E-state index in [9.17, 15) is 20.2 Å². The van der Waals surface area contributed by atoms with Crippen LogP contribution < -0.4 is 21.3 Å². The summed E-state index contributed by atoms with van der Waals surface area (Å²) >= 11 is 0. The van der Waals surface area contributed by atoms with Crippen molar-refractivity contribution in [3.05, 3.63) is 111 Å². The summed E-state index contributed by atoms with van der Waals surface area (Å²) in [5.41, 5.74) is 9.91. The summed E-state index contributed by atoms with van der Waals surface area (Å²) < 4.78 is 0. The smallest absolute Gasteiger partial charge is 0.299 e. The number of hydrazine groups is 2. The van der Waals surface area contributed by atoms with Gasteiger partial charge in [0.15, 0.2) is 0 Å². The standard InChI is InChI=1S/C22H18N8O4/c31-29(32)19-13-11-16(12-14-19)25-26-21-20(30(33)34)22(24-15-23-21)27-28(17-7-3-1-4-8-17)18-9-5-2-6-10-18/h1-15,25H,(H2,23,24,26,27). The fourth-order valence-electron chi connectivity index (χ4n) is 3.06. The van der Waals surface area contributed by atoms with Crippen molar-refractivity contribution in [3.8, 4) is 0 Å². The van der Waals surface area contributed by atoms with Crippen molar-refractivity contribution >= 4 is 40.1 Å². The van der Waals surface area contributed by atoms with Gasteiger partial charge >= 0.3 is 5.69 Å². The van der Waals surface area contributed by atoms with Gasteiger partial charge in [0.05, 0.1) is 26.9 Å². The number of hydrogen-bond donors (Lipinski definition) is 3. The van der Waals surface area contributed by atoms with Gasteiger partial charge in [0, 0.05) is 12.1 Å². The van der Waals surface area contributed by atoms with Crippen molar-refractivity contribution in [3.63, 3.8) is 0 Å². The monoisotopic (exact) mass is 458 g/mol. The molecule has 0 saturated carbocycles. The number of nitrogens with zero attached hydrogens (tertiary/aromatic N) is 5. The molecule has 0 radical (unpaired) electrons. The third-order valence-corrected chi connectivity index (χ3v) is 4.65. The maximum absolute atomic E-state index is 12.0. The minimum absolute atomic E-state index is 0.0410. The summed E-state index contributed by atoms with van der Waals surface area (Å²) in [5, 5.41) is 24.4. The fourth-order valence-corrected chi connectivity index (χ4v) is 3.06. The molecule has 0 fully saturated rings. The first-order valence-electron chi connectivity index (χ1n) is 9.95. The molecule has 0 amide bonds. The summed E-state index contributed by atoms with van der Waals surface area (Å²) in [6.07, 6.45) is 1.18. The Balaban J connectivity index is 1.63. The Bertz CT molecular complexity index is 1250. The van der Waals surface area contributed by atoms with Gasteiger partial charge in [0.25, 0.3) is 5.69 Å². The number of nitro benzene ring substituents is 1. The number of non-ortho nitro benzene ring substituents is 1. The van der Waals surface area contributed by atoms with Crippen LogP contribution >= 0.6 is 0 Å². The van der Waals surface area contributed by atoms with Crippen LogP contribution in [0.15, 0.2) is 91.3 Å². The van der Waals surface area contributed by atoms with Crippen LogP contribution in [0.2, 0.25) is 0 Å². The molecule has 0 aliphatic carbocycles. The molecule has 1 heterocycles. The Morgan fingerprint density at radius 3 is 1.76 bits per heavy atom. The molecule has 4 rings (SSSR count). The van der Waals surface area contributed by atoms with Crippen LogP contribution in [-0.2, 0) is 0 Å². The highest BCUT2D eigenvalue weighted by atomic mass is 16.6. The first-order chi connectivity index (χ1) is 16.5. The van der Waals surface area contributed by atoms with E-state index in [4.69, 9.17) is 0 Å². The maximum Gasteiger partial charge on any atom is 0.356 e. The van der Waals surface area contributed by atoms with Gasteiger partial charge in [-0.05, 0) is 36.4 Å². The maximum atomic E-state index is 12.0. The Hall–Kier alpha value is -5.26. The molecule has 0 aliphatic heterocycles. The molecule has 0 saturated heterocycles. The minimum atomic E-state index is -0.601. The van der Waals surface area contributed by atoms with Gasteiger partial charge in [-0.15, -0.1) is 0 Å². The molecule has 3 N–H and O–H groups in total. The molecule has 0 spiro atoms. The predicted molar refractivity (Wildman–Crippen MR) is 128 cm³/mol. The normalized spacial score (nSPS) is 10.2. The van der Waals surface area contributed by atoms with E-state index in [1.165, 1.54) is 30.6 Å². The van der Waals surface area contributed by atoms with Gasteiger partial charge in [-0.1, -0.05) is 36.4 Å². The molecular weight excluding hydrogens is 440 g/mol. The van der Waals surface area contributed by atoms with Crippen molar-refractivity contribution in [2.45, 2.75) is 0 Å². The topological polar surface area (TPSA) is 151 Å². The number of rotatable bonds is 9. The molecule has 0 aliphatic rings. The summed E-state index contributed by atoms with van der Waals surface area (Å²) in [7, 11) is 0. The van der Waals surface area contributed by atoms with Crippen LogP contribution in [0, 0.1) is 20.2 Å². The molecule has 0 unspecified atom stereocenters. The fraction of sp³-hybridized carbons (Fsp3) is 0. The van der Waals surface area contributed by atoms with Crippen LogP contribution in [0.5, 0.6) is 0 Å². The number of nitro groups is 2. The second kappa shape index (κ2) is 9.91. The lowest BCUT2D eigenvalue weighted by molar-refractivity contribution is -0.384. The lowest BCUT2D eigenvalue weighted by Gasteiger charge is -2.26. The molecule has 0 atom stereocenters. The highest BCUT2D eigenvalue weighted by molar-refractivity contribution is 5.75. The number of hydrogen-bond acceptors (Lipinski definition) is 10. The molecular formula is C22H18N8O4. The summed E-state index contributed by atoms with van der Waals surface area (Å²) in [6.45, 7) is 0. The van der Waals surface area contributed by atoms with Crippen LogP contribution in [-0.4, -0.2) is 19.8 Å². The van der Waals surface area contributed by atoms with E-state index in [1.807, 2.05) is 60.7 Å². The van der Waals surface area contributed by atoms with Gasteiger partial charge in [0.2, 0.25) is 11.6 Å². The first-order valence-corrected chi connectivity index (χ1v) is 9.95. The van der Waals surface area contributed by atoms with E-state index in [2.05, 4.69) is 26.2 Å². The molecule has 1 aromatic heterocycles. The molecule has 170 valence electrons. The largest absolute Gasteiger partial charge is 0.356 e. The number of anilines is 5. The second-order valence-corrected chi connectivity index (χ2v) is 6.85. The number of aromatic nitrogens is 2. The van der Waals surface area contributed by atoms with Crippen molar-refractivity contribution in [2.24, 2.45) is 0 Å². The summed E-state index contributed by atoms with van der Waals surface area (Å²) in [5.74, 6) is -0.136. The van der Waals surface area contributed by atoms with Gasteiger partial charge < -0.3 is 0 Å². The number of para-hydroxylation sites is 2. The third kappa shape index (κ3) is 4.96. The van der Waals surface area contributed by atoms with Crippen LogP contribution in [0.25, 0.3) is 0 Å². The predicted octanol–water partition coefficient (Wildman–Crippen LogP) is 4.90. The third-order valence-electron chi connectivity index (χ3n) is 4.65. The van der Waals surface area contributed by atoms with E-state index < -0.39 is 15.5 Å². The molecule has 3 aromatic carbocycles. The lowest BCUT2D eigenvalue weighted by Crippen LogP contribution is -2.26. The zero-order chi connectivity index (χ0) is 23.9. The molecule has 12 heteroatoms. The zero-order valence-electron chi connectivity index (χ0n) is 17.5. The average molecular weight is 458 g/mol. The Morgan fingerprint density at radius 2 is 1.24 bits per heavy atom.